The molecule has 4 rings (SSSR count). The smallest absolute Gasteiger partial charge is 0.258 e. The van der Waals surface area contributed by atoms with E-state index < -0.39 is 0 Å². The van der Waals surface area contributed by atoms with Gasteiger partial charge in [-0.25, -0.2) is 0 Å². The standard InChI is InChI=1S/C26H26N2O4/c1-3-32-23-12-6-20(7-13-23)25(29)27-17-18-4-5-19-14-15-28(24(19)16-18)26(30)21-8-10-22(31-2)11-9-21/h4-13,16H,3,14-15,17H2,1-2H3,(H,27,29). The highest BCUT2D eigenvalue weighted by atomic mass is 16.5. The van der Waals surface area contributed by atoms with Crippen molar-refractivity contribution >= 4 is 17.5 Å². The number of methoxy groups -OCH3 is 1. The van der Waals surface area contributed by atoms with Crippen molar-refractivity contribution < 1.29 is 19.1 Å². The van der Waals surface area contributed by atoms with Crippen LogP contribution >= 0.6 is 0 Å². The summed E-state index contributed by atoms with van der Waals surface area (Å²) in [4.78, 5) is 27.4. The molecule has 0 saturated carbocycles. The molecule has 0 aliphatic carbocycles. The van der Waals surface area contributed by atoms with Crippen molar-refractivity contribution in [2.45, 2.75) is 19.9 Å². The molecule has 0 atom stereocenters. The third-order valence-corrected chi connectivity index (χ3v) is 5.51. The molecule has 32 heavy (non-hydrogen) atoms. The first-order valence-electron chi connectivity index (χ1n) is 10.7. The Bertz CT molecular complexity index is 1110. The van der Waals surface area contributed by atoms with Gasteiger partial charge in [-0.1, -0.05) is 12.1 Å². The van der Waals surface area contributed by atoms with Gasteiger partial charge in [0.25, 0.3) is 11.8 Å². The zero-order chi connectivity index (χ0) is 22.5. The molecule has 1 heterocycles. The fourth-order valence-corrected chi connectivity index (χ4v) is 3.79. The normalized spacial score (nSPS) is 12.2. The van der Waals surface area contributed by atoms with Gasteiger partial charge in [0.2, 0.25) is 0 Å². The van der Waals surface area contributed by atoms with Gasteiger partial charge in [-0.3, -0.25) is 9.59 Å². The van der Waals surface area contributed by atoms with E-state index >= 15 is 0 Å². The summed E-state index contributed by atoms with van der Waals surface area (Å²) in [7, 11) is 1.60. The molecule has 1 aliphatic rings. The van der Waals surface area contributed by atoms with Crippen LogP contribution in [-0.4, -0.2) is 32.1 Å². The molecule has 3 aromatic carbocycles. The predicted octanol–water partition coefficient (Wildman–Crippen LogP) is 4.23. The van der Waals surface area contributed by atoms with Gasteiger partial charge in [-0.2, -0.15) is 0 Å². The van der Waals surface area contributed by atoms with Crippen molar-refractivity contribution in [1.29, 1.82) is 0 Å². The first-order valence-corrected chi connectivity index (χ1v) is 10.7. The van der Waals surface area contributed by atoms with Gasteiger partial charge in [-0.05, 0) is 79.1 Å². The third-order valence-electron chi connectivity index (χ3n) is 5.51. The number of hydrogen-bond acceptors (Lipinski definition) is 4. The van der Waals surface area contributed by atoms with E-state index in [2.05, 4.69) is 5.32 Å². The largest absolute Gasteiger partial charge is 0.497 e. The van der Waals surface area contributed by atoms with Crippen LogP contribution in [0, 0.1) is 0 Å². The van der Waals surface area contributed by atoms with E-state index in [1.165, 1.54) is 0 Å². The van der Waals surface area contributed by atoms with Crippen molar-refractivity contribution in [3.05, 3.63) is 89.0 Å². The summed E-state index contributed by atoms with van der Waals surface area (Å²) in [6.07, 6.45) is 0.816. The predicted molar refractivity (Wildman–Crippen MR) is 124 cm³/mol. The molecule has 0 radical (unpaired) electrons. The summed E-state index contributed by atoms with van der Waals surface area (Å²) in [5.41, 5.74) is 4.17. The monoisotopic (exact) mass is 430 g/mol. The zero-order valence-electron chi connectivity index (χ0n) is 18.3. The average molecular weight is 431 g/mol. The summed E-state index contributed by atoms with van der Waals surface area (Å²) < 4.78 is 10.6. The molecule has 0 spiro atoms. The topological polar surface area (TPSA) is 67.9 Å². The van der Waals surface area contributed by atoms with E-state index in [1.54, 1.807) is 60.5 Å². The molecule has 0 bridgehead atoms. The third kappa shape index (κ3) is 4.59. The van der Waals surface area contributed by atoms with Crippen LogP contribution in [0.5, 0.6) is 11.5 Å². The van der Waals surface area contributed by atoms with E-state index in [1.807, 2.05) is 25.1 Å². The highest BCUT2D eigenvalue weighted by molar-refractivity contribution is 6.07. The number of carbonyl (C=O) groups excluding carboxylic acids is 2. The molecule has 6 heteroatoms. The molecule has 2 amide bonds. The van der Waals surface area contributed by atoms with E-state index in [-0.39, 0.29) is 11.8 Å². The number of fused-ring (bicyclic) bond motifs is 1. The number of rotatable bonds is 7. The molecule has 0 saturated heterocycles. The van der Waals surface area contributed by atoms with Gasteiger partial charge in [0.05, 0.1) is 13.7 Å². The molecule has 1 aliphatic heterocycles. The molecule has 164 valence electrons. The number of carbonyl (C=O) groups is 2. The fourth-order valence-electron chi connectivity index (χ4n) is 3.79. The Balaban J connectivity index is 1.43. The minimum Gasteiger partial charge on any atom is -0.497 e. The van der Waals surface area contributed by atoms with Crippen LogP contribution in [0.3, 0.4) is 0 Å². The Morgan fingerprint density at radius 1 is 0.938 bits per heavy atom. The van der Waals surface area contributed by atoms with Crippen molar-refractivity contribution in [2.24, 2.45) is 0 Å². The lowest BCUT2D eigenvalue weighted by Gasteiger charge is -2.18. The maximum absolute atomic E-state index is 13.1. The van der Waals surface area contributed by atoms with Crippen LogP contribution in [0.15, 0.2) is 66.7 Å². The van der Waals surface area contributed by atoms with Gasteiger partial charge < -0.3 is 19.7 Å². The second-order valence-corrected chi connectivity index (χ2v) is 7.54. The summed E-state index contributed by atoms with van der Waals surface area (Å²) in [6, 6.07) is 20.2. The van der Waals surface area contributed by atoms with E-state index in [0.29, 0.717) is 36.6 Å². The number of hydrogen-bond donors (Lipinski definition) is 1. The van der Waals surface area contributed by atoms with Crippen molar-refractivity contribution in [3.63, 3.8) is 0 Å². The number of benzene rings is 3. The van der Waals surface area contributed by atoms with Gasteiger partial charge in [0.1, 0.15) is 11.5 Å². The van der Waals surface area contributed by atoms with Crippen molar-refractivity contribution in [3.8, 4) is 11.5 Å². The molecule has 0 unspecified atom stereocenters. The molecule has 0 aromatic heterocycles. The lowest BCUT2D eigenvalue weighted by molar-refractivity contribution is 0.0949. The first kappa shape index (κ1) is 21.4. The quantitative estimate of drug-likeness (QED) is 0.609. The van der Waals surface area contributed by atoms with Crippen LogP contribution in [0.4, 0.5) is 5.69 Å². The molecule has 6 nitrogen and oxygen atoms in total. The summed E-state index contributed by atoms with van der Waals surface area (Å²) in [5, 5.41) is 2.95. The summed E-state index contributed by atoms with van der Waals surface area (Å²) in [6.45, 7) is 3.52. The molecular formula is C26H26N2O4. The number of nitrogens with one attached hydrogen (secondary N) is 1. The Labute approximate surface area is 187 Å². The number of ether oxygens (including phenoxy) is 2. The zero-order valence-corrected chi connectivity index (χ0v) is 18.3. The number of nitrogens with zero attached hydrogens (tertiary/aromatic N) is 1. The summed E-state index contributed by atoms with van der Waals surface area (Å²) >= 11 is 0. The Morgan fingerprint density at radius 3 is 2.31 bits per heavy atom. The van der Waals surface area contributed by atoms with Crippen LogP contribution in [0.1, 0.15) is 38.8 Å². The minimum absolute atomic E-state index is 0.0398. The van der Waals surface area contributed by atoms with E-state index in [9.17, 15) is 9.59 Å². The van der Waals surface area contributed by atoms with Gasteiger partial charge in [0, 0.05) is 29.9 Å². The average Bonchev–Trinajstić information content (AvgIpc) is 3.26. The molecule has 1 N–H and O–H groups in total. The highest BCUT2D eigenvalue weighted by Gasteiger charge is 2.26. The number of anilines is 1. The fraction of sp³-hybridized carbons (Fsp3) is 0.231. The molecule has 0 fully saturated rings. The Kier molecular flexibility index (Phi) is 6.40. The molecular weight excluding hydrogens is 404 g/mol. The van der Waals surface area contributed by atoms with E-state index in [4.69, 9.17) is 9.47 Å². The second-order valence-electron chi connectivity index (χ2n) is 7.54. The van der Waals surface area contributed by atoms with Gasteiger partial charge in [0.15, 0.2) is 0 Å². The minimum atomic E-state index is -0.153. The van der Waals surface area contributed by atoms with Gasteiger partial charge in [-0.15, -0.1) is 0 Å². The van der Waals surface area contributed by atoms with Crippen LogP contribution in [0.25, 0.3) is 0 Å². The van der Waals surface area contributed by atoms with Gasteiger partial charge >= 0.3 is 0 Å². The van der Waals surface area contributed by atoms with Crippen molar-refractivity contribution in [2.75, 3.05) is 25.2 Å². The Hall–Kier alpha value is -3.80. The van der Waals surface area contributed by atoms with E-state index in [0.717, 1.165) is 29.0 Å². The summed E-state index contributed by atoms with van der Waals surface area (Å²) in [5.74, 6) is 1.26. The Morgan fingerprint density at radius 2 is 1.62 bits per heavy atom. The highest BCUT2D eigenvalue weighted by Crippen LogP contribution is 2.30. The first-order chi connectivity index (χ1) is 15.6. The van der Waals surface area contributed by atoms with Crippen LogP contribution in [-0.2, 0) is 13.0 Å². The number of amides is 2. The maximum atomic E-state index is 13.1. The lowest BCUT2D eigenvalue weighted by Crippen LogP contribution is -2.29. The lowest BCUT2D eigenvalue weighted by atomic mass is 10.1. The molecule has 3 aromatic rings. The van der Waals surface area contributed by atoms with Crippen LogP contribution in [0.2, 0.25) is 0 Å². The SMILES string of the molecule is CCOc1ccc(C(=O)NCc2ccc3c(c2)N(C(=O)c2ccc(OC)cc2)CC3)cc1. The van der Waals surface area contributed by atoms with Crippen molar-refractivity contribution in [1.82, 2.24) is 5.32 Å². The second kappa shape index (κ2) is 9.56. The van der Waals surface area contributed by atoms with Crippen LogP contribution < -0.4 is 19.7 Å². The maximum Gasteiger partial charge on any atom is 0.258 e.